The van der Waals surface area contributed by atoms with Crippen LogP contribution >= 0.6 is 11.8 Å². The summed E-state index contributed by atoms with van der Waals surface area (Å²) in [6, 6.07) is -5.45. The number of guanidine groups is 1. The van der Waals surface area contributed by atoms with Crippen LogP contribution < -0.4 is 33.2 Å². The summed E-state index contributed by atoms with van der Waals surface area (Å²) in [6.45, 7) is -0.576. The van der Waals surface area contributed by atoms with Crippen molar-refractivity contribution in [2.45, 2.75) is 49.9 Å². The van der Waals surface area contributed by atoms with Gasteiger partial charge in [-0.2, -0.15) is 11.8 Å². The van der Waals surface area contributed by atoms with Gasteiger partial charge in [0.15, 0.2) is 5.96 Å². The second kappa shape index (κ2) is 16.5. The number of hydrogen-bond acceptors (Lipinski definition) is 9. The number of amides is 3. The van der Waals surface area contributed by atoms with Crippen molar-refractivity contribution in [2.24, 2.45) is 22.2 Å². The van der Waals surface area contributed by atoms with E-state index in [1.165, 1.54) is 11.8 Å². The molecule has 0 aliphatic rings. The summed E-state index contributed by atoms with van der Waals surface area (Å²) in [4.78, 5) is 63.7. The van der Waals surface area contributed by atoms with Gasteiger partial charge in [0.2, 0.25) is 17.7 Å². The van der Waals surface area contributed by atoms with Crippen LogP contribution in [0.1, 0.15) is 25.7 Å². The number of hydrogen-bond donors (Lipinski definition) is 9. The number of carbonyl (C=O) groups excluding carboxylic acids is 3. The Morgan fingerprint density at radius 2 is 1.47 bits per heavy atom. The summed E-state index contributed by atoms with van der Waals surface area (Å²) >= 11 is 1.36. The lowest BCUT2D eigenvalue weighted by Gasteiger charge is -2.24. The van der Waals surface area contributed by atoms with Crippen molar-refractivity contribution in [3.63, 3.8) is 0 Å². The smallest absolute Gasteiger partial charge is 0.326 e. The molecule has 3 amide bonds. The quantitative estimate of drug-likeness (QED) is 0.0519. The predicted molar refractivity (Wildman–Crippen MR) is 124 cm³/mol. The number of aliphatic hydroxyl groups is 1. The average Bonchev–Trinajstić information content (AvgIpc) is 2.76. The molecule has 0 saturated heterocycles. The second-order valence-corrected chi connectivity index (χ2v) is 8.12. The summed E-state index contributed by atoms with van der Waals surface area (Å²) in [7, 11) is 0. The Balaban J connectivity index is 5.39. The predicted octanol–water partition coefficient (Wildman–Crippen LogP) is -3.87. The molecule has 0 saturated carbocycles. The van der Waals surface area contributed by atoms with Crippen LogP contribution in [0.4, 0.5) is 0 Å². The number of aliphatic hydroxyl groups excluding tert-OH is 1. The highest BCUT2D eigenvalue weighted by atomic mass is 32.2. The molecule has 0 aliphatic heterocycles. The summed E-state index contributed by atoms with van der Waals surface area (Å²) in [5.41, 5.74) is 15.8. The van der Waals surface area contributed by atoms with Crippen LogP contribution in [0.3, 0.4) is 0 Å². The third-order valence-corrected chi connectivity index (χ3v) is 4.99. The molecule has 0 fully saturated rings. The zero-order chi connectivity index (χ0) is 26.3. The van der Waals surface area contributed by atoms with E-state index in [0.717, 1.165) is 0 Å². The maximum absolute atomic E-state index is 12.7. The summed E-state index contributed by atoms with van der Waals surface area (Å²) in [6.07, 6.45) is 1.31. The van der Waals surface area contributed by atoms with E-state index in [1.54, 1.807) is 6.26 Å². The zero-order valence-electron chi connectivity index (χ0n) is 18.7. The third-order valence-electron chi connectivity index (χ3n) is 4.35. The van der Waals surface area contributed by atoms with Crippen molar-refractivity contribution in [3.05, 3.63) is 0 Å². The van der Waals surface area contributed by atoms with Gasteiger partial charge in [0.25, 0.3) is 0 Å². The van der Waals surface area contributed by atoms with E-state index in [1.807, 2.05) is 0 Å². The Labute approximate surface area is 200 Å². The van der Waals surface area contributed by atoms with Gasteiger partial charge in [-0.15, -0.1) is 0 Å². The van der Waals surface area contributed by atoms with Gasteiger partial charge in [-0.1, -0.05) is 0 Å². The first-order chi connectivity index (χ1) is 15.9. The standard InChI is InChI=1S/C18H33N7O8S/c1-34-6-4-10(15(30)24-11(17(32)33)3-2-5-22-18(20)21)23-16(31)12(7-13(27)28)25-14(29)9(19)8-26/h9-12,26H,2-8,19H2,1H3,(H,23,31)(H,24,30)(H,25,29)(H,27,28)(H,32,33)(H4,20,21,22). The van der Waals surface area contributed by atoms with E-state index in [4.69, 9.17) is 27.4 Å². The molecule has 0 aromatic rings. The maximum atomic E-state index is 12.7. The number of nitrogens with zero attached hydrogens (tertiary/aromatic N) is 1. The molecule has 194 valence electrons. The number of aliphatic imine (C=N–C) groups is 1. The Morgan fingerprint density at radius 3 is 1.97 bits per heavy atom. The van der Waals surface area contributed by atoms with Crippen molar-refractivity contribution in [1.82, 2.24) is 16.0 Å². The Bertz CT molecular complexity index is 748. The highest BCUT2D eigenvalue weighted by molar-refractivity contribution is 7.98. The molecule has 0 radical (unpaired) electrons. The van der Waals surface area contributed by atoms with E-state index in [-0.39, 0.29) is 31.8 Å². The highest BCUT2D eigenvalue weighted by Gasteiger charge is 2.31. The molecular formula is C18H33N7O8S. The van der Waals surface area contributed by atoms with Crippen LogP contribution in [0.25, 0.3) is 0 Å². The zero-order valence-corrected chi connectivity index (χ0v) is 19.5. The molecule has 15 nitrogen and oxygen atoms in total. The van der Waals surface area contributed by atoms with Crippen LogP contribution in [0.5, 0.6) is 0 Å². The lowest BCUT2D eigenvalue weighted by molar-refractivity contribution is -0.143. The van der Waals surface area contributed by atoms with Gasteiger partial charge in [0.05, 0.1) is 13.0 Å². The molecule has 0 heterocycles. The van der Waals surface area contributed by atoms with Gasteiger partial charge in [-0.05, 0) is 31.3 Å². The van der Waals surface area contributed by atoms with Crippen LogP contribution in [0, 0.1) is 0 Å². The van der Waals surface area contributed by atoms with Crippen LogP contribution in [-0.2, 0) is 24.0 Å². The van der Waals surface area contributed by atoms with Gasteiger partial charge < -0.3 is 48.5 Å². The molecule has 16 heteroatoms. The number of carboxylic acids is 2. The Kier molecular flexibility index (Phi) is 15.0. The number of nitrogens with two attached hydrogens (primary N) is 3. The average molecular weight is 508 g/mol. The van der Waals surface area contributed by atoms with Gasteiger partial charge >= 0.3 is 11.9 Å². The minimum atomic E-state index is -1.58. The lowest BCUT2D eigenvalue weighted by Crippen LogP contribution is -2.57. The molecule has 4 atom stereocenters. The van der Waals surface area contributed by atoms with E-state index in [0.29, 0.717) is 5.75 Å². The lowest BCUT2D eigenvalue weighted by atomic mass is 10.1. The van der Waals surface area contributed by atoms with Gasteiger partial charge in [-0.3, -0.25) is 24.2 Å². The minimum Gasteiger partial charge on any atom is -0.481 e. The molecule has 12 N–H and O–H groups in total. The van der Waals surface area contributed by atoms with E-state index in [9.17, 15) is 29.1 Å². The number of carbonyl (C=O) groups is 5. The van der Waals surface area contributed by atoms with Gasteiger partial charge in [0.1, 0.15) is 24.2 Å². The minimum absolute atomic E-state index is 0.0117. The number of aliphatic carboxylic acids is 2. The fraction of sp³-hybridized carbons (Fsp3) is 0.667. The molecule has 0 spiro atoms. The van der Waals surface area contributed by atoms with Crippen molar-refractivity contribution >= 4 is 47.4 Å². The van der Waals surface area contributed by atoms with Crippen LogP contribution in [0.15, 0.2) is 4.99 Å². The van der Waals surface area contributed by atoms with Gasteiger partial charge in [0, 0.05) is 6.54 Å². The Morgan fingerprint density at radius 1 is 0.912 bits per heavy atom. The summed E-state index contributed by atoms with van der Waals surface area (Å²) in [5, 5.41) is 34.2. The SMILES string of the molecule is CSCCC(NC(=O)C(CC(=O)O)NC(=O)C(N)CO)C(=O)NC(CCCN=C(N)N)C(=O)O. The molecule has 0 aliphatic carbocycles. The second-order valence-electron chi connectivity index (χ2n) is 7.14. The normalized spacial score (nSPS) is 14.1. The topological polar surface area (TPSA) is 273 Å². The molecule has 0 aromatic heterocycles. The molecule has 0 rings (SSSR count). The Hall–Kier alpha value is -3.11. The highest BCUT2D eigenvalue weighted by Crippen LogP contribution is 2.06. The van der Waals surface area contributed by atoms with Crippen molar-refractivity contribution < 1.29 is 39.3 Å². The van der Waals surface area contributed by atoms with E-state index >= 15 is 0 Å². The van der Waals surface area contributed by atoms with E-state index in [2.05, 4.69) is 20.9 Å². The first-order valence-electron chi connectivity index (χ1n) is 10.2. The molecule has 0 bridgehead atoms. The number of carboxylic acid groups (broad SMARTS) is 2. The fourth-order valence-electron chi connectivity index (χ4n) is 2.56. The molecule has 4 unspecified atom stereocenters. The molecule has 34 heavy (non-hydrogen) atoms. The summed E-state index contributed by atoms with van der Waals surface area (Å²) in [5.74, 6) is -5.20. The first-order valence-corrected chi connectivity index (χ1v) is 11.6. The number of thioether (sulfide) groups is 1. The van der Waals surface area contributed by atoms with Crippen molar-refractivity contribution in [2.75, 3.05) is 25.2 Å². The van der Waals surface area contributed by atoms with E-state index < -0.39 is 66.9 Å². The monoisotopic (exact) mass is 507 g/mol. The largest absolute Gasteiger partial charge is 0.481 e. The van der Waals surface area contributed by atoms with Crippen LogP contribution in [0.2, 0.25) is 0 Å². The fourth-order valence-corrected chi connectivity index (χ4v) is 3.03. The molecular weight excluding hydrogens is 474 g/mol. The first kappa shape index (κ1) is 30.9. The third kappa shape index (κ3) is 12.8. The van der Waals surface area contributed by atoms with Crippen molar-refractivity contribution in [1.29, 1.82) is 0 Å². The maximum Gasteiger partial charge on any atom is 0.326 e. The number of rotatable bonds is 17. The van der Waals surface area contributed by atoms with Gasteiger partial charge in [-0.25, -0.2) is 4.79 Å². The van der Waals surface area contributed by atoms with Crippen LogP contribution in [-0.4, -0.2) is 100 Å². The van der Waals surface area contributed by atoms with Crippen molar-refractivity contribution in [3.8, 4) is 0 Å². The summed E-state index contributed by atoms with van der Waals surface area (Å²) < 4.78 is 0. The molecule has 0 aromatic carbocycles. The number of nitrogens with one attached hydrogen (secondary N) is 3.